The summed E-state index contributed by atoms with van der Waals surface area (Å²) in [6.07, 6.45) is -0.280. The maximum absolute atomic E-state index is 13.5. The number of Topliss-reactive ketones (excluding diaryl/α,β-unsaturated/α-hetero) is 1. The molecule has 0 saturated carbocycles. The minimum atomic E-state index is -1.89. The van der Waals surface area contributed by atoms with Gasteiger partial charge >= 0.3 is 0 Å². The van der Waals surface area contributed by atoms with Crippen LogP contribution in [0, 0.1) is 6.92 Å². The summed E-state index contributed by atoms with van der Waals surface area (Å²) in [7, 11) is 0. The van der Waals surface area contributed by atoms with Crippen LogP contribution in [0.1, 0.15) is 58.1 Å². The minimum absolute atomic E-state index is 0.239. The monoisotopic (exact) mass is 497 g/mol. The number of aryl methyl sites for hydroxylation is 1. The maximum atomic E-state index is 13.5. The summed E-state index contributed by atoms with van der Waals surface area (Å²) in [4.78, 5) is 28.5. The van der Waals surface area contributed by atoms with E-state index in [0.29, 0.717) is 28.6 Å². The van der Waals surface area contributed by atoms with Gasteiger partial charge in [-0.3, -0.25) is 9.59 Å². The molecule has 1 N–H and O–H groups in total. The Hall–Kier alpha value is -2.28. The molecule has 1 atom stereocenters. The Kier molecular flexibility index (Phi) is 5.90. The molecule has 160 valence electrons. The molecule has 0 saturated heterocycles. The SMILES string of the molecule is Cc1ccc(C(C)C)cc1CN1C(=O)[C@](O)(CC(=O)c2cccs2)c2cc(Br)ccc21. The Morgan fingerprint density at radius 3 is 2.65 bits per heavy atom. The zero-order valence-corrected chi connectivity index (χ0v) is 20.1. The average molecular weight is 498 g/mol. The van der Waals surface area contributed by atoms with E-state index in [-0.39, 0.29) is 12.2 Å². The molecule has 0 radical (unpaired) electrons. The van der Waals surface area contributed by atoms with E-state index in [1.54, 1.807) is 23.1 Å². The lowest BCUT2D eigenvalue weighted by Crippen LogP contribution is -2.41. The van der Waals surface area contributed by atoms with E-state index in [2.05, 4.69) is 48.0 Å². The molecule has 1 amide bonds. The van der Waals surface area contributed by atoms with Gasteiger partial charge < -0.3 is 10.0 Å². The van der Waals surface area contributed by atoms with Crippen LogP contribution in [0.2, 0.25) is 0 Å². The summed E-state index contributed by atoms with van der Waals surface area (Å²) in [6.45, 7) is 6.64. The fraction of sp³-hybridized carbons (Fsp3) is 0.280. The third-order valence-corrected chi connectivity index (χ3v) is 7.28. The summed E-state index contributed by atoms with van der Waals surface area (Å²) in [5.74, 6) is -0.325. The molecule has 4 rings (SSSR count). The number of hydrogen-bond acceptors (Lipinski definition) is 4. The van der Waals surface area contributed by atoms with Gasteiger partial charge in [-0.2, -0.15) is 0 Å². The molecule has 2 aromatic carbocycles. The molecule has 4 nitrogen and oxygen atoms in total. The Balaban J connectivity index is 1.73. The summed E-state index contributed by atoms with van der Waals surface area (Å²) >= 11 is 4.76. The number of anilines is 1. The minimum Gasteiger partial charge on any atom is -0.375 e. The average Bonchev–Trinajstić information content (AvgIpc) is 3.33. The maximum Gasteiger partial charge on any atom is 0.264 e. The largest absolute Gasteiger partial charge is 0.375 e. The number of halogens is 1. The molecule has 0 fully saturated rings. The van der Waals surface area contributed by atoms with Gasteiger partial charge in [-0.25, -0.2) is 0 Å². The van der Waals surface area contributed by atoms with Crippen LogP contribution in [0.25, 0.3) is 0 Å². The molecule has 0 aliphatic carbocycles. The molecule has 1 aromatic heterocycles. The molecular weight excluding hydrogens is 474 g/mol. The molecule has 1 aliphatic heterocycles. The van der Waals surface area contributed by atoms with Crippen LogP contribution in [-0.2, 0) is 16.9 Å². The number of aliphatic hydroxyl groups is 1. The zero-order chi connectivity index (χ0) is 22.3. The lowest BCUT2D eigenvalue weighted by atomic mass is 9.89. The Morgan fingerprint density at radius 2 is 1.97 bits per heavy atom. The number of fused-ring (bicyclic) bond motifs is 1. The number of carbonyl (C=O) groups is 2. The molecule has 31 heavy (non-hydrogen) atoms. The second-order valence-corrected chi connectivity index (χ2v) is 10.2. The van der Waals surface area contributed by atoms with Crippen LogP contribution >= 0.6 is 27.3 Å². The summed E-state index contributed by atoms with van der Waals surface area (Å²) in [5.41, 5.74) is 2.54. The quantitative estimate of drug-likeness (QED) is 0.428. The van der Waals surface area contributed by atoms with E-state index >= 15 is 0 Å². The highest BCUT2D eigenvalue weighted by Gasteiger charge is 2.51. The zero-order valence-electron chi connectivity index (χ0n) is 17.7. The number of thiophene rings is 1. The van der Waals surface area contributed by atoms with Gasteiger partial charge in [0.25, 0.3) is 5.91 Å². The van der Waals surface area contributed by atoms with E-state index in [0.717, 1.165) is 15.6 Å². The van der Waals surface area contributed by atoms with Gasteiger partial charge in [0.05, 0.1) is 23.5 Å². The van der Waals surface area contributed by atoms with Gasteiger partial charge in [-0.05, 0) is 59.2 Å². The van der Waals surface area contributed by atoms with Crippen molar-refractivity contribution in [2.24, 2.45) is 0 Å². The van der Waals surface area contributed by atoms with E-state index in [9.17, 15) is 14.7 Å². The van der Waals surface area contributed by atoms with Gasteiger partial charge in [0.1, 0.15) is 0 Å². The normalized spacial score (nSPS) is 18.0. The lowest BCUT2D eigenvalue weighted by molar-refractivity contribution is -0.136. The van der Waals surface area contributed by atoms with Crippen molar-refractivity contribution in [1.29, 1.82) is 0 Å². The highest BCUT2D eigenvalue weighted by Crippen LogP contribution is 2.45. The summed E-state index contributed by atoms with van der Waals surface area (Å²) in [6, 6.07) is 15.2. The van der Waals surface area contributed by atoms with Crippen molar-refractivity contribution in [3.05, 3.63) is 85.5 Å². The lowest BCUT2D eigenvalue weighted by Gasteiger charge is -2.23. The van der Waals surface area contributed by atoms with Crippen molar-refractivity contribution in [3.63, 3.8) is 0 Å². The molecule has 0 bridgehead atoms. The summed E-state index contributed by atoms with van der Waals surface area (Å²) < 4.78 is 0.751. The summed E-state index contributed by atoms with van der Waals surface area (Å²) in [5, 5.41) is 13.4. The number of benzene rings is 2. The second kappa shape index (κ2) is 8.34. The van der Waals surface area contributed by atoms with Crippen molar-refractivity contribution in [3.8, 4) is 0 Å². The first kappa shape index (κ1) is 21.9. The Labute approximate surface area is 194 Å². The van der Waals surface area contributed by atoms with Crippen molar-refractivity contribution in [2.45, 2.75) is 45.3 Å². The first-order chi connectivity index (χ1) is 14.7. The molecule has 0 spiro atoms. The fourth-order valence-electron chi connectivity index (χ4n) is 4.00. The highest BCUT2D eigenvalue weighted by molar-refractivity contribution is 9.10. The van der Waals surface area contributed by atoms with E-state index in [1.165, 1.54) is 16.9 Å². The van der Waals surface area contributed by atoms with Crippen molar-refractivity contribution < 1.29 is 14.7 Å². The van der Waals surface area contributed by atoms with Crippen molar-refractivity contribution in [1.82, 2.24) is 0 Å². The fourth-order valence-corrected chi connectivity index (χ4v) is 5.02. The number of nitrogens with zero attached hydrogens (tertiary/aromatic N) is 1. The second-order valence-electron chi connectivity index (χ2n) is 8.33. The molecule has 2 heterocycles. The van der Waals surface area contributed by atoms with Crippen LogP contribution in [-0.4, -0.2) is 16.8 Å². The van der Waals surface area contributed by atoms with Crippen LogP contribution < -0.4 is 4.90 Å². The topological polar surface area (TPSA) is 57.6 Å². The molecule has 3 aromatic rings. The van der Waals surface area contributed by atoms with Gasteiger partial charge in [-0.15, -0.1) is 11.3 Å². The molecule has 0 unspecified atom stereocenters. The Bertz CT molecular complexity index is 1160. The van der Waals surface area contributed by atoms with E-state index < -0.39 is 11.5 Å². The van der Waals surface area contributed by atoms with Crippen molar-refractivity contribution in [2.75, 3.05) is 4.90 Å². The smallest absolute Gasteiger partial charge is 0.264 e. The number of amides is 1. The first-order valence-electron chi connectivity index (χ1n) is 10.2. The number of carbonyl (C=O) groups excluding carboxylic acids is 2. The third kappa shape index (κ3) is 4.00. The van der Waals surface area contributed by atoms with Gasteiger partial charge in [-0.1, -0.05) is 54.0 Å². The standard InChI is InChI=1S/C25H24BrNO3S/c1-15(2)17-7-6-16(3)18(11-17)14-27-21-9-8-19(26)12-20(21)25(30,24(27)29)13-22(28)23-5-4-10-31-23/h4-12,15,30H,13-14H2,1-3H3/t25-/m0/s1. The van der Waals surface area contributed by atoms with Gasteiger partial charge in [0.2, 0.25) is 0 Å². The van der Waals surface area contributed by atoms with E-state index in [1.807, 2.05) is 24.4 Å². The van der Waals surface area contributed by atoms with Crippen LogP contribution in [0.15, 0.2) is 58.4 Å². The van der Waals surface area contributed by atoms with Gasteiger partial charge in [0.15, 0.2) is 11.4 Å². The van der Waals surface area contributed by atoms with Gasteiger partial charge in [0, 0.05) is 10.0 Å². The molecule has 6 heteroatoms. The Morgan fingerprint density at radius 1 is 1.19 bits per heavy atom. The van der Waals surface area contributed by atoms with Crippen LogP contribution in [0.5, 0.6) is 0 Å². The van der Waals surface area contributed by atoms with E-state index in [4.69, 9.17) is 0 Å². The molecular formula is C25H24BrNO3S. The number of rotatable bonds is 6. The number of hydrogen-bond donors (Lipinski definition) is 1. The molecule has 1 aliphatic rings. The predicted octanol–water partition coefficient (Wildman–Crippen LogP) is 5.95. The highest BCUT2D eigenvalue weighted by atomic mass is 79.9. The van der Waals surface area contributed by atoms with Crippen LogP contribution in [0.4, 0.5) is 5.69 Å². The van der Waals surface area contributed by atoms with Crippen molar-refractivity contribution >= 4 is 44.6 Å². The first-order valence-corrected chi connectivity index (χ1v) is 11.9. The number of ketones is 1. The van der Waals surface area contributed by atoms with Crippen LogP contribution in [0.3, 0.4) is 0 Å². The third-order valence-electron chi connectivity index (χ3n) is 5.87. The predicted molar refractivity (Wildman–Crippen MR) is 128 cm³/mol.